The van der Waals surface area contributed by atoms with Crippen molar-refractivity contribution in [2.45, 2.75) is 19.3 Å². The van der Waals surface area contributed by atoms with Gasteiger partial charge in [0.15, 0.2) is 0 Å². The third-order valence-electron chi connectivity index (χ3n) is 3.49. The van der Waals surface area contributed by atoms with Crippen LogP contribution in [-0.4, -0.2) is 22.4 Å². The molecule has 1 amide bonds. The van der Waals surface area contributed by atoms with E-state index in [1.165, 1.54) is 4.88 Å². The van der Waals surface area contributed by atoms with Crippen LogP contribution >= 0.6 is 11.3 Å². The van der Waals surface area contributed by atoms with Crippen LogP contribution in [0, 0.1) is 0 Å². The molecule has 3 aromatic rings. The number of fused-ring (bicyclic) bond motifs is 1. The van der Waals surface area contributed by atoms with Gasteiger partial charge < -0.3 is 15.3 Å². The molecule has 3 N–H and O–H groups in total. The minimum absolute atomic E-state index is 0.0736. The van der Waals surface area contributed by atoms with E-state index in [9.17, 15) is 9.59 Å². The number of rotatable bonds is 6. The number of thiophene rings is 1. The van der Waals surface area contributed by atoms with Crippen LogP contribution in [0.1, 0.15) is 16.9 Å². The zero-order valence-electron chi connectivity index (χ0n) is 12.0. The molecule has 3 rings (SSSR count). The molecule has 0 unspecified atom stereocenters. The molecule has 2 aromatic heterocycles. The minimum Gasteiger partial charge on any atom is -0.356 e. The topological polar surface area (TPSA) is 77.8 Å². The highest BCUT2D eigenvalue weighted by Gasteiger charge is 2.04. The summed E-state index contributed by atoms with van der Waals surface area (Å²) in [5.41, 5.74) is 2.48. The molecule has 0 fully saturated rings. The van der Waals surface area contributed by atoms with Crippen molar-refractivity contribution in [3.8, 4) is 0 Å². The van der Waals surface area contributed by atoms with E-state index in [-0.39, 0.29) is 11.6 Å². The number of benzene rings is 1. The van der Waals surface area contributed by atoms with E-state index in [1.807, 2.05) is 35.7 Å². The van der Waals surface area contributed by atoms with Crippen LogP contribution < -0.4 is 11.0 Å². The number of H-pyrrole nitrogens is 2. The fraction of sp³-hybridized carbons (Fsp3) is 0.250. The number of hydrogen-bond donors (Lipinski definition) is 3. The summed E-state index contributed by atoms with van der Waals surface area (Å²) in [6.07, 6.45) is 2.05. The van der Waals surface area contributed by atoms with Gasteiger partial charge in [-0.3, -0.25) is 4.79 Å². The van der Waals surface area contributed by atoms with Gasteiger partial charge >= 0.3 is 5.69 Å². The smallest absolute Gasteiger partial charge is 0.323 e. The molecule has 5 nitrogen and oxygen atoms in total. The first-order valence-electron chi connectivity index (χ1n) is 7.21. The summed E-state index contributed by atoms with van der Waals surface area (Å²) in [6.45, 7) is 0.601. The molecular weight excluding hydrogens is 298 g/mol. The van der Waals surface area contributed by atoms with Crippen LogP contribution in [0.2, 0.25) is 0 Å². The molecule has 22 heavy (non-hydrogen) atoms. The van der Waals surface area contributed by atoms with Crippen molar-refractivity contribution in [3.63, 3.8) is 0 Å². The highest BCUT2D eigenvalue weighted by Crippen LogP contribution is 2.11. The Morgan fingerprint density at radius 3 is 2.82 bits per heavy atom. The second-order valence-electron chi connectivity index (χ2n) is 5.14. The molecule has 0 aliphatic carbocycles. The molecule has 0 saturated heterocycles. The molecule has 0 bridgehead atoms. The van der Waals surface area contributed by atoms with Gasteiger partial charge in [0, 0.05) is 17.8 Å². The van der Waals surface area contributed by atoms with Gasteiger partial charge in [-0.1, -0.05) is 12.1 Å². The fourth-order valence-corrected chi connectivity index (χ4v) is 3.07. The monoisotopic (exact) mass is 315 g/mol. The molecule has 0 radical (unpaired) electrons. The third-order valence-corrected chi connectivity index (χ3v) is 4.43. The Hall–Kier alpha value is -2.34. The van der Waals surface area contributed by atoms with Crippen LogP contribution in [0.25, 0.3) is 11.0 Å². The maximum Gasteiger partial charge on any atom is 0.323 e. The second kappa shape index (κ2) is 6.62. The Balaban J connectivity index is 1.47. The van der Waals surface area contributed by atoms with E-state index >= 15 is 0 Å². The number of carbonyl (C=O) groups excluding carboxylic acids is 1. The van der Waals surface area contributed by atoms with Gasteiger partial charge in [0.05, 0.1) is 11.0 Å². The average Bonchev–Trinajstić information content (AvgIpc) is 3.12. The quantitative estimate of drug-likeness (QED) is 0.652. The van der Waals surface area contributed by atoms with Gasteiger partial charge in [-0.15, -0.1) is 11.3 Å². The second-order valence-corrected chi connectivity index (χ2v) is 6.17. The molecule has 0 aliphatic rings. The van der Waals surface area contributed by atoms with E-state index < -0.39 is 0 Å². The molecule has 0 saturated carbocycles. The number of amides is 1. The van der Waals surface area contributed by atoms with E-state index in [2.05, 4.69) is 15.3 Å². The van der Waals surface area contributed by atoms with Crippen molar-refractivity contribution >= 4 is 28.3 Å². The molecule has 0 atom stereocenters. The van der Waals surface area contributed by atoms with Crippen molar-refractivity contribution < 1.29 is 4.79 Å². The van der Waals surface area contributed by atoms with Gasteiger partial charge in [0.25, 0.3) is 0 Å². The first kappa shape index (κ1) is 14.6. The van der Waals surface area contributed by atoms with Gasteiger partial charge in [-0.2, -0.15) is 0 Å². The summed E-state index contributed by atoms with van der Waals surface area (Å²) in [4.78, 5) is 29.7. The lowest BCUT2D eigenvalue weighted by atomic mass is 10.1. The fourth-order valence-electron chi connectivity index (χ4n) is 2.36. The summed E-state index contributed by atoms with van der Waals surface area (Å²) in [7, 11) is 0. The summed E-state index contributed by atoms with van der Waals surface area (Å²) in [5, 5.41) is 4.96. The number of imidazole rings is 1. The van der Waals surface area contributed by atoms with E-state index in [1.54, 1.807) is 11.3 Å². The maximum atomic E-state index is 11.8. The van der Waals surface area contributed by atoms with E-state index in [4.69, 9.17) is 0 Å². The van der Waals surface area contributed by atoms with Gasteiger partial charge in [-0.25, -0.2) is 4.79 Å². The van der Waals surface area contributed by atoms with Crippen LogP contribution in [-0.2, 0) is 17.6 Å². The number of carbonyl (C=O) groups is 1. The molecule has 0 aliphatic heterocycles. The van der Waals surface area contributed by atoms with Crippen molar-refractivity contribution in [1.82, 2.24) is 15.3 Å². The number of aromatic nitrogens is 2. The van der Waals surface area contributed by atoms with Crippen LogP contribution in [0.3, 0.4) is 0 Å². The molecule has 2 heterocycles. The molecule has 6 heteroatoms. The summed E-state index contributed by atoms with van der Waals surface area (Å²) in [6, 6.07) is 9.82. The molecule has 114 valence electrons. The first-order chi connectivity index (χ1) is 10.7. The number of nitrogens with one attached hydrogen (secondary N) is 3. The summed E-state index contributed by atoms with van der Waals surface area (Å²) >= 11 is 1.68. The maximum absolute atomic E-state index is 11.8. The van der Waals surface area contributed by atoms with Gasteiger partial charge in [-0.05, 0) is 42.0 Å². The lowest BCUT2D eigenvalue weighted by Gasteiger charge is -2.05. The number of aromatic amines is 2. The largest absolute Gasteiger partial charge is 0.356 e. The van der Waals surface area contributed by atoms with Gasteiger partial charge in [0.2, 0.25) is 5.91 Å². The summed E-state index contributed by atoms with van der Waals surface area (Å²) in [5.74, 6) is 0.0736. The van der Waals surface area contributed by atoms with Gasteiger partial charge in [0.1, 0.15) is 0 Å². The zero-order chi connectivity index (χ0) is 15.4. The summed E-state index contributed by atoms with van der Waals surface area (Å²) < 4.78 is 0. The Labute approximate surface area is 131 Å². The average molecular weight is 315 g/mol. The van der Waals surface area contributed by atoms with Crippen molar-refractivity contribution in [2.24, 2.45) is 0 Å². The van der Waals surface area contributed by atoms with Crippen LogP contribution in [0.15, 0.2) is 40.5 Å². The van der Waals surface area contributed by atoms with Crippen LogP contribution in [0.4, 0.5) is 0 Å². The van der Waals surface area contributed by atoms with Crippen molar-refractivity contribution in [2.75, 3.05) is 6.54 Å². The highest BCUT2D eigenvalue weighted by atomic mass is 32.1. The van der Waals surface area contributed by atoms with Crippen molar-refractivity contribution in [3.05, 3.63) is 56.6 Å². The van der Waals surface area contributed by atoms with Crippen molar-refractivity contribution in [1.29, 1.82) is 0 Å². The lowest BCUT2D eigenvalue weighted by molar-refractivity contribution is -0.121. The Morgan fingerprint density at radius 1 is 1.14 bits per heavy atom. The standard InChI is InChI=1S/C16H17N3O2S/c20-15(6-4-12-2-1-9-22-12)17-8-7-11-3-5-13-14(10-11)19-16(21)18-13/h1-3,5,9-10H,4,6-8H2,(H,17,20)(H2,18,19,21). The van der Waals surface area contributed by atoms with Crippen LogP contribution in [0.5, 0.6) is 0 Å². The highest BCUT2D eigenvalue weighted by molar-refractivity contribution is 7.09. The normalized spacial score (nSPS) is 10.9. The number of aryl methyl sites for hydroxylation is 1. The molecule has 1 aromatic carbocycles. The molecule has 0 spiro atoms. The Kier molecular flexibility index (Phi) is 4.39. The predicted octanol–water partition coefficient (Wildman–Crippen LogP) is 2.21. The minimum atomic E-state index is -0.200. The SMILES string of the molecule is O=C(CCc1cccs1)NCCc1ccc2[nH]c(=O)[nH]c2c1. The lowest BCUT2D eigenvalue weighted by Crippen LogP contribution is -2.25. The number of hydrogen-bond acceptors (Lipinski definition) is 3. The van der Waals surface area contributed by atoms with E-state index in [0.29, 0.717) is 13.0 Å². The van der Waals surface area contributed by atoms with E-state index in [0.717, 1.165) is 29.4 Å². The molecular formula is C16H17N3O2S. The predicted molar refractivity (Wildman–Crippen MR) is 88.3 cm³/mol. The Bertz CT molecular complexity index is 817. The third kappa shape index (κ3) is 3.65. The first-order valence-corrected chi connectivity index (χ1v) is 8.09. The Morgan fingerprint density at radius 2 is 2.00 bits per heavy atom. The zero-order valence-corrected chi connectivity index (χ0v) is 12.8.